The maximum atomic E-state index is 10.3. The number of ether oxygens (including phenoxy) is 1. The Hall–Kier alpha value is -1.06. The standard InChI is InChI=1S/C5H7O4/c1-3(6)4(2)9-5(7)8/h4H,1-2H3. The van der Waals surface area contributed by atoms with Gasteiger partial charge in [-0.05, 0) is 13.8 Å². The van der Waals surface area contributed by atoms with E-state index in [1.165, 1.54) is 13.8 Å². The molecule has 0 aliphatic carbocycles. The van der Waals surface area contributed by atoms with Crippen LogP contribution in [0.5, 0.6) is 0 Å². The summed E-state index contributed by atoms with van der Waals surface area (Å²) in [7, 11) is 0. The molecule has 51 valence electrons. The number of carbonyl (C=O) groups is 2. The first-order valence-corrected chi connectivity index (χ1v) is 2.42. The van der Waals surface area contributed by atoms with E-state index in [1.807, 2.05) is 0 Å². The third-order valence-electron chi connectivity index (χ3n) is 0.845. The van der Waals surface area contributed by atoms with Crippen LogP contribution in [0.2, 0.25) is 0 Å². The second-order valence-electron chi connectivity index (χ2n) is 1.62. The van der Waals surface area contributed by atoms with Gasteiger partial charge in [-0.2, -0.15) is 9.90 Å². The molecule has 9 heavy (non-hydrogen) atoms. The van der Waals surface area contributed by atoms with E-state index in [2.05, 4.69) is 4.74 Å². The smallest absolute Gasteiger partial charge is 0.421 e. The summed E-state index contributed by atoms with van der Waals surface area (Å²) >= 11 is 0. The molecule has 0 spiro atoms. The van der Waals surface area contributed by atoms with Crippen molar-refractivity contribution in [2.75, 3.05) is 0 Å². The molecule has 1 radical (unpaired) electrons. The van der Waals surface area contributed by atoms with Crippen LogP contribution in [0.1, 0.15) is 13.8 Å². The third kappa shape index (κ3) is 3.52. The Kier molecular flexibility index (Phi) is 2.70. The molecule has 1 atom stereocenters. The van der Waals surface area contributed by atoms with E-state index in [-0.39, 0.29) is 5.78 Å². The van der Waals surface area contributed by atoms with Crippen molar-refractivity contribution in [3.8, 4) is 0 Å². The zero-order chi connectivity index (χ0) is 7.44. The fourth-order valence-electron chi connectivity index (χ4n) is 0.227. The van der Waals surface area contributed by atoms with E-state index in [1.54, 1.807) is 0 Å². The summed E-state index contributed by atoms with van der Waals surface area (Å²) in [5.74, 6) is -0.334. The summed E-state index contributed by atoms with van der Waals surface area (Å²) in [6, 6.07) is 0. The molecule has 0 aromatic carbocycles. The lowest BCUT2D eigenvalue weighted by Gasteiger charge is -2.02. The molecule has 0 saturated heterocycles. The maximum Gasteiger partial charge on any atom is 0.550 e. The first-order valence-electron chi connectivity index (χ1n) is 2.42. The molecule has 0 aliphatic heterocycles. The molecule has 0 heterocycles. The topological polar surface area (TPSA) is 63.3 Å². The molecule has 0 bridgehead atoms. The fourth-order valence-corrected chi connectivity index (χ4v) is 0.227. The highest BCUT2D eigenvalue weighted by atomic mass is 16.7. The minimum absolute atomic E-state index is 0.334. The molecule has 0 fully saturated rings. The van der Waals surface area contributed by atoms with Crippen LogP contribution in [0.3, 0.4) is 0 Å². The SMILES string of the molecule is CC(=O)C(C)OC([O])=O. The highest BCUT2D eigenvalue weighted by Crippen LogP contribution is 1.91. The first-order chi connectivity index (χ1) is 4.04. The quantitative estimate of drug-likeness (QED) is 0.513. The minimum atomic E-state index is -1.67. The van der Waals surface area contributed by atoms with Crippen molar-refractivity contribution in [1.82, 2.24) is 0 Å². The number of rotatable bonds is 2. The highest BCUT2D eigenvalue weighted by molar-refractivity contribution is 5.81. The van der Waals surface area contributed by atoms with Gasteiger partial charge in [0.1, 0.15) is 0 Å². The van der Waals surface area contributed by atoms with E-state index < -0.39 is 12.3 Å². The van der Waals surface area contributed by atoms with Crippen molar-refractivity contribution in [3.63, 3.8) is 0 Å². The Bertz CT molecular complexity index is 129. The normalized spacial score (nSPS) is 12.2. The third-order valence-corrected chi connectivity index (χ3v) is 0.845. The van der Waals surface area contributed by atoms with Crippen LogP contribution in [0.15, 0.2) is 0 Å². The van der Waals surface area contributed by atoms with Crippen molar-refractivity contribution < 1.29 is 19.4 Å². The van der Waals surface area contributed by atoms with Gasteiger partial charge >= 0.3 is 6.16 Å². The minimum Gasteiger partial charge on any atom is -0.421 e. The summed E-state index contributed by atoms with van der Waals surface area (Å²) in [5, 5.41) is 9.63. The molecule has 0 amide bonds. The molecular formula is C5H7O4. The van der Waals surface area contributed by atoms with Gasteiger partial charge in [-0.1, -0.05) is 0 Å². The van der Waals surface area contributed by atoms with Crippen LogP contribution in [0, 0.1) is 0 Å². The molecule has 4 heteroatoms. The molecular weight excluding hydrogens is 124 g/mol. The number of carbonyl (C=O) groups excluding carboxylic acids is 2. The van der Waals surface area contributed by atoms with Crippen molar-refractivity contribution >= 4 is 11.9 Å². The number of Topliss-reactive ketones (excluding diaryl/α,β-unsaturated/α-hetero) is 1. The van der Waals surface area contributed by atoms with Gasteiger partial charge in [-0.15, -0.1) is 0 Å². The van der Waals surface area contributed by atoms with Crippen molar-refractivity contribution in [2.24, 2.45) is 0 Å². The van der Waals surface area contributed by atoms with Crippen molar-refractivity contribution in [2.45, 2.75) is 20.0 Å². The zero-order valence-electron chi connectivity index (χ0n) is 5.21. The molecule has 0 N–H and O–H groups in total. The summed E-state index contributed by atoms with van der Waals surface area (Å²) in [4.78, 5) is 19.9. The monoisotopic (exact) mass is 131 g/mol. The lowest BCUT2D eigenvalue weighted by atomic mass is 10.3. The van der Waals surface area contributed by atoms with Crippen molar-refractivity contribution in [3.05, 3.63) is 0 Å². The Morgan fingerprint density at radius 1 is 1.44 bits per heavy atom. The largest absolute Gasteiger partial charge is 0.550 e. The van der Waals surface area contributed by atoms with E-state index in [0.717, 1.165) is 0 Å². The Morgan fingerprint density at radius 2 is 1.89 bits per heavy atom. The van der Waals surface area contributed by atoms with Gasteiger partial charge in [-0.3, -0.25) is 4.79 Å². The summed E-state index contributed by atoms with van der Waals surface area (Å²) < 4.78 is 3.97. The average Bonchev–Trinajstić information content (AvgIpc) is 1.63. The molecule has 0 saturated carbocycles. The lowest BCUT2D eigenvalue weighted by Crippen LogP contribution is -2.19. The Balaban J connectivity index is 3.63. The molecule has 0 aromatic heterocycles. The van der Waals surface area contributed by atoms with E-state index >= 15 is 0 Å². The van der Waals surface area contributed by atoms with Gasteiger partial charge in [0.2, 0.25) is 0 Å². The predicted octanol–water partition coefficient (Wildman–Crippen LogP) is 0.531. The van der Waals surface area contributed by atoms with Gasteiger partial charge in [0.05, 0.1) is 0 Å². The maximum absolute atomic E-state index is 10.3. The van der Waals surface area contributed by atoms with Crippen LogP contribution in [0.25, 0.3) is 0 Å². The summed E-state index contributed by atoms with van der Waals surface area (Å²) in [5.41, 5.74) is 0. The highest BCUT2D eigenvalue weighted by Gasteiger charge is 2.12. The summed E-state index contributed by atoms with van der Waals surface area (Å²) in [6.45, 7) is 2.59. The predicted molar refractivity (Wildman–Crippen MR) is 27.3 cm³/mol. The van der Waals surface area contributed by atoms with E-state index in [9.17, 15) is 14.7 Å². The van der Waals surface area contributed by atoms with Crippen LogP contribution < -0.4 is 0 Å². The van der Waals surface area contributed by atoms with E-state index in [0.29, 0.717) is 0 Å². The second-order valence-corrected chi connectivity index (χ2v) is 1.62. The first kappa shape index (κ1) is 7.94. The van der Waals surface area contributed by atoms with Crippen LogP contribution in [-0.4, -0.2) is 18.0 Å². The molecule has 1 unspecified atom stereocenters. The van der Waals surface area contributed by atoms with E-state index in [4.69, 9.17) is 0 Å². The van der Waals surface area contributed by atoms with Gasteiger partial charge in [0.15, 0.2) is 11.9 Å². The van der Waals surface area contributed by atoms with Crippen molar-refractivity contribution in [1.29, 1.82) is 0 Å². The number of hydrogen-bond donors (Lipinski definition) is 0. The number of ketones is 1. The average molecular weight is 131 g/mol. The van der Waals surface area contributed by atoms with Gasteiger partial charge in [-0.25, -0.2) is 0 Å². The van der Waals surface area contributed by atoms with Gasteiger partial charge in [0.25, 0.3) is 0 Å². The Labute approximate surface area is 52.4 Å². The van der Waals surface area contributed by atoms with Crippen LogP contribution in [-0.2, 0) is 14.6 Å². The molecule has 4 nitrogen and oxygen atoms in total. The lowest BCUT2D eigenvalue weighted by molar-refractivity contribution is -0.125. The summed E-state index contributed by atoms with van der Waals surface area (Å²) in [6.07, 6.45) is -2.58. The molecule has 0 aromatic rings. The Morgan fingerprint density at radius 3 is 2.00 bits per heavy atom. The zero-order valence-corrected chi connectivity index (χ0v) is 5.21. The molecule has 0 aliphatic rings. The second kappa shape index (κ2) is 3.06. The number of hydrogen-bond acceptors (Lipinski definition) is 3. The van der Waals surface area contributed by atoms with Gasteiger partial charge < -0.3 is 4.74 Å². The van der Waals surface area contributed by atoms with Crippen LogP contribution in [0.4, 0.5) is 4.79 Å². The van der Waals surface area contributed by atoms with Crippen LogP contribution >= 0.6 is 0 Å². The fraction of sp³-hybridized carbons (Fsp3) is 0.600. The van der Waals surface area contributed by atoms with Gasteiger partial charge in [0, 0.05) is 0 Å². The molecule has 0 rings (SSSR count).